The van der Waals surface area contributed by atoms with Gasteiger partial charge in [-0.3, -0.25) is 0 Å². The first-order chi connectivity index (χ1) is 12.4. The van der Waals surface area contributed by atoms with Gasteiger partial charge in [-0.2, -0.15) is 43.2 Å². The molecule has 0 N–H and O–H groups in total. The van der Waals surface area contributed by atoms with Crippen LogP contribution in [-0.4, -0.2) is 27.9 Å². The summed E-state index contributed by atoms with van der Waals surface area (Å²) in [6.45, 7) is 0. The van der Waals surface area contributed by atoms with Gasteiger partial charge in [0.1, 0.15) is 0 Å². The Hall–Kier alpha value is -1.26. The highest BCUT2D eigenvalue weighted by Gasteiger charge is 2.49. The van der Waals surface area contributed by atoms with Gasteiger partial charge in [-0.25, -0.2) is 0 Å². The van der Waals surface area contributed by atoms with Gasteiger partial charge < -0.3 is 8.37 Å². The van der Waals surface area contributed by atoms with Crippen LogP contribution in [0.3, 0.4) is 0 Å². The molecule has 2 aromatic carbocycles. The van der Waals surface area contributed by atoms with Gasteiger partial charge in [0.15, 0.2) is 11.5 Å². The lowest BCUT2D eigenvalue weighted by Crippen LogP contribution is -2.28. The summed E-state index contributed by atoms with van der Waals surface area (Å²) in [7, 11) is -12.0. The normalized spacial score (nSPS) is 13.6. The van der Waals surface area contributed by atoms with Gasteiger partial charge in [0.25, 0.3) is 0 Å². The second-order valence-electron chi connectivity index (χ2n) is 4.88. The lowest BCUT2D eigenvalue weighted by molar-refractivity contribution is -0.0504. The quantitative estimate of drug-likeness (QED) is 0.292. The van der Waals surface area contributed by atoms with Crippen molar-refractivity contribution in [2.75, 3.05) is 0 Å². The zero-order valence-corrected chi connectivity index (χ0v) is 17.4. The van der Waals surface area contributed by atoms with E-state index in [4.69, 9.17) is 0 Å². The summed E-state index contributed by atoms with van der Waals surface area (Å²) >= 11 is 5.61. The molecule has 0 aliphatic rings. The molecule has 0 spiro atoms. The molecule has 0 fully saturated rings. The Morgan fingerprint density at radius 2 is 0.929 bits per heavy atom. The molecular formula is C12H4Br2F6O6S2. The number of benzene rings is 2. The Balaban J connectivity index is 2.57. The summed E-state index contributed by atoms with van der Waals surface area (Å²) in [6.07, 6.45) is 0. The number of halogens is 8. The molecule has 0 amide bonds. The van der Waals surface area contributed by atoms with Crippen molar-refractivity contribution in [3.63, 3.8) is 0 Å². The third-order valence-corrected chi connectivity index (χ3v) is 6.08. The van der Waals surface area contributed by atoms with Crippen molar-refractivity contribution in [3.05, 3.63) is 33.2 Å². The Bertz CT molecular complexity index is 1060. The third-order valence-electron chi connectivity index (χ3n) is 2.91. The first-order valence-electron chi connectivity index (χ1n) is 6.39. The molecule has 2 rings (SSSR count). The molecule has 0 heterocycles. The molecule has 156 valence electrons. The van der Waals surface area contributed by atoms with Gasteiger partial charge in [0.2, 0.25) is 0 Å². The van der Waals surface area contributed by atoms with Crippen LogP contribution in [0.15, 0.2) is 33.2 Å². The standard InChI is InChI=1S/C12H4Br2F6O6S2/c13-7-1-5-2-8(14)10(26-28(23,24)12(18,19)20)4-6(5)3-9(7)25-27(21,22)11(15,16)17/h1-4H. The molecule has 0 saturated heterocycles. The zero-order valence-electron chi connectivity index (χ0n) is 12.6. The Morgan fingerprint density at radius 3 is 1.21 bits per heavy atom. The minimum absolute atomic E-state index is 0.173. The highest BCUT2D eigenvalue weighted by atomic mass is 79.9. The van der Waals surface area contributed by atoms with Crippen molar-refractivity contribution in [3.8, 4) is 11.5 Å². The van der Waals surface area contributed by atoms with Gasteiger partial charge in [-0.05, 0) is 66.9 Å². The average molecular weight is 582 g/mol. The molecule has 0 aliphatic carbocycles. The van der Waals surface area contributed by atoms with E-state index in [2.05, 4.69) is 40.2 Å². The molecule has 0 unspecified atom stereocenters. The summed E-state index contributed by atoms with van der Waals surface area (Å²) < 4.78 is 127. The van der Waals surface area contributed by atoms with Crippen LogP contribution in [-0.2, 0) is 20.2 Å². The monoisotopic (exact) mass is 580 g/mol. The molecule has 28 heavy (non-hydrogen) atoms. The fraction of sp³-hybridized carbons (Fsp3) is 0.167. The van der Waals surface area contributed by atoms with E-state index in [-0.39, 0.29) is 19.7 Å². The van der Waals surface area contributed by atoms with Crippen LogP contribution in [0.2, 0.25) is 0 Å². The van der Waals surface area contributed by atoms with Gasteiger partial charge in [-0.1, -0.05) is 0 Å². The highest BCUT2D eigenvalue weighted by molar-refractivity contribution is 9.11. The smallest absolute Gasteiger partial charge is 0.375 e. The molecule has 0 saturated carbocycles. The molecule has 16 heteroatoms. The van der Waals surface area contributed by atoms with Crippen molar-refractivity contribution in [1.82, 2.24) is 0 Å². The summed E-state index contributed by atoms with van der Waals surface area (Å²) in [6, 6.07) is 3.68. The van der Waals surface area contributed by atoms with Crippen LogP contribution in [0.1, 0.15) is 0 Å². The van der Waals surface area contributed by atoms with Crippen LogP contribution in [0, 0.1) is 0 Å². The van der Waals surface area contributed by atoms with Crippen LogP contribution in [0.25, 0.3) is 10.8 Å². The molecule has 2 aromatic rings. The van der Waals surface area contributed by atoms with E-state index in [1.807, 2.05) is 0 Å². The number of rotatable bonds is 4. The first-order valence-corrected chi connectivity index (χ1v) is 10.8. The summed E-state index contributed by atoms with van der Waals surface area (Å²) in [4.78, 5) is 0. The summed E-state index contributed by atoms with van der Waals surface area (Å²) in [5.41, 5.74) is -11.5. The second kappa shape index (κ2) is 7.21. The average Bonchev–Trinajstić information content (AvgIpc) is 2.47. The number of hydrogen-bond acceptors (Lipinski definition) is 6. The molecule has 0 atom stereocenters. The molecule has 0 bridgehead atoms. The van der Waals surface area contributed by atoms with E-state index in [1.54, 1.807) is 0 Å². The lowest BCUT2D eigenvalue weighted by atomic mass is 10.1. The topological polar surface area (TPSA) is 86.7 Å². The Labute approximate surface area is 169 Å². The maximum absolute atomic E-state index is 12.5. The fourth-order valence-corrected chi connectivity index (χ4v) is 3.75. The number of hydrogen-bond donors (Lipinski definition) is 0. The largest absolute Gasteiger partial charge is 0.534 e. The minimum Gasteiger partial charge on any atom is -0.375 e. The maximum atomic E-state index is 12.5. The minimum atomic E-state index is -6.02. The van der Waals surface area contributed by atoms with Crippen LogP contribution < -0.4 is 8.37 Å². The highest BCUT2D eigenvalue weighted by Crippen LogP contribution is 2.39. The molecular weight excluding hydrogens is 578 g/mol. The van der Waals surface area contributed by atoms with Crippen LogP contribution in [0.4, 0.5) is 26.3 Å². The van der Waals surface area contributed by atoms with Crippen molar-refractivity contribution in [2.24, 2.45) is 0 Å². The Morgan fingerprint density at radius 1 is 0.643 bits per heavy atom. The van der Waals surface area contributed by atoms with Gasteiger partial charge in [-0.15, -0.1) is 0 Å². The van der Waals surface area contributed by atoms with E-state index in [1.165, 1.54) is 0 Å². The fourth-order valence-electron chi connectivity index (χ4n) is 1.71. The molecule has 0 aromatic heterocycles. The predicted octanol–water partition coefficient (Wildman–Crippen LogP) is 4.82. The van der Waals surface area contributed by atoms with Gasteiger partial charge >= 0.3 is 31.3 Å². The SMILES string of the molecule is O=S(=O)(Oc1cc2cc(OS(=O)(=O)C(F)(F)F)c(Br)cc2cc1Br)C(F)(F)F. The Kier molecular flexibility index (Phi) is 5.93. The predicted molar refractivity (Wildman–Crippen MR) is 90.6 cm³/mol. The number of fused-ring (bicyclic) bond motifs is 1. The van der Waals surface area contributed by atoms with E-state index in [0.717, 1.165) is 24.3 Å². The molecule has 0 aliphatic heterocycles. The summed E-state index contributed by atoms with van der Waals surface area (Å²) in [5.74, 6) is -1.67. The van der Waals surface area contributed by atoms with E-state index < -0.39 is 42.8 Å². The van der Waals surface area contributed by atoms with Crippen LogP contribution in [0.5, 0.6) is 11.5 Å². The molecule has 0 radical (unpaired) electrons. The van der Waals surface area contributed by atoms with E-state index in [0.29, 0.717) is 0 Å². The molecule has 6 nitrogen and oxygen atoms in total. The summed E-state index contributed by atoms with van der Waals surface area (Å²) in [5, 5.41) is -0.00147. The van der Waals surface area contributed by atoms with E-state index in [9.17, 15) is 43.2 Å². The number of alkyl halides is 6. The zero-order chi connectivity index (χ0) is 21.7. The lowest BCUT2D eigenvalue weighted by Gasteiger charge is -2.14. The van der Waals surface area contributed by atoms with Gasteiger partial charge in [0.05, 0.1) is 8.95 Å². The van der Waals surface area contributed by atoms with E-state index >= 15 is 0 Å². The van der Waals surface area contributed by atoms with Crippen molar-refractivity contribution >= 4 is 62.9 Å². The third kappa shape index (κ3) is 4.65. The van der Waals surface area contributed by atoms with Crippen molar-refractivity contribution in [1.29, 1.82) is 0 Å². The first kappa shape index (κ1) is 23.0. The maximum Gasteiger partial charge on any atom is 0.534 e. The van der Waals surface area contributed by atoms with Crippen molar-refractivity contribution < 1.29 is 51.5 Å². The van der Waals surface area contributed by atoms with Crippen LogP contribution >= 0.6 is 31.9 Å². The second-order valence-corrected chi connectivity index (χ2v) is 9.66. The van der Waals surface area contributed by atoms with Crippen molar-refractivity contribution in [2.45, 2.75) is 11.0 Å². The van der Waals surface area contributed by atoms with Gasteiger partial charge in [0, 0.05) is 0 Å².